The number of anilines is 1. The van der Waals surface area contributed by atoms with Crippen molar-refractivity contribution in [3.05, 3.63) is 72.8 Å². The van der Waals surface area contributed by atoms with E-state index in [-0.39, 0.29) is 16.7 Å². The Bertz CT molecular complexity index is 1420. The quantitative estimate of drug-likeness (QED) is 0.408. The van der Waals surface area contributed by atoms with Crippen LogP contribution >= 0.6 is 0 Å². The van der Waals surface area contributed by atoms with Crippen molar-refractivity contribution in [1.82, 2.24) is 9.97 Å². The van der Waals surface area contributed by atoms with Gasteiger partial charge in [0.2, 0.25) is 11.8 Å². The van der Waals surface area contributed by atoms with E-state index in [0.29, 0.717) is 33.3 Å². The molecule has 144 valence electrons. The van der Waals surface area contributed by atoms with Gasteiger partial charge in [-0.05, 0) is 42.5 Å². The van der Waals surface area contributed by atoms with Crippen molar-refractivity contribution < 1.29 is 17.9 Å². The van der Waals surface area contributed by atoms with E-state index < -0.39 is 10.0 Å². The molecule has 0 saturated carbocycles. The number of nitrogens with one attached hydrogen (secondary N) is 2. The summed E-state index contributed by atoms with van der Waals surface area (Å²) in [4.78, 5) is 7.47. The molecule has 3 N–H and O–H groups in total. The van der Waals surface area contributed by atoms with Gasteiger partial charge in [-0.3, -0.25) is 4.72 Å². The maximum atomic E-state index is 12.6. The first-order valence-corrected chi connectivity index (χ1v) is 10.3. The molecular formula is C21H15N3O4S. The Labute approximate surface area is 165 Å². The van der Waals surface area contributed by atoms with Crippen molar-refractivity contribution >= 4 is 37.7 Å². The number of hydrogen-bond acceptors (Lipinski definition) is 5. The number of aromatic amines is 1. The van der Waals surface area contributed by atoms with Crippen LogP contribution in [0.5, 0.6) is 5.88 Å². The number of sulfonamides is 1. The minimum atomic E-state index is -3.73. The summed E-state index contributed by atoms with van der Waals surface area (Å²) in [5, 5.41) is 11.0. The summed E-state index contributed by atoms with van der Waals surface area (Å²) < 4.78 is 33.6. The zero-order valence-electron chi connectivity index (χ0n) is 15.0. The Morgan fingerprint density at radius 3 is 2.52 bits per heavy atom. The van der Waals surface area contributed by atoms with Crippen molar-refractivity contribution in [3.8, 4) is 17.3 Å². The normalized spacial score (nSPS) is 11.9. The van der Waals surface area contributed by atoms with Crippen LogP contribution in [0, 0.1) is 0 Å². The molecule has 8 heteroatoms. The Morgan fingerprint density at radius 1 is 0.966 bits per heavy atom. The van der Waals surface area contributed by atoms with Crippen LogP contribution in [0.4, 0.5) is 5.69 Å². The second kappa shape index (κ2) is 6.39. The Morgan fingerprint density at radius 2 is 1.72 bits per heavy atom. The van der Waals surface area contributed by atoms with Crippen LogP contribution in [0.1, 0.15) is 0 Å². The molecular weight excluding hydrogens is 390 g/mol. The average molecular weight is 405 g/mol. The van der Waals surface area contributed by atoms with Gasteiger partial charge in [0.05, 0.1) is 4.90 Å². The maximum Gasteiger partial charge on any atom is 0.261 e. The van der Waals surface area contributed by atoms with Gasteiger partial charge in [-0.15, -0.1) is 0 Å². The van der Waals surface area contributed by atoms with Gasteiger partial charge in [-0.25, -0.2) is 13.4 Å². The van der Waals surface area contributed by atoms with Crippen molar-refractivity contribution in [2.75, 3.05) is 4.72 Å². The molecule has 5 aromatic rings. The molecule has 0 aliphatic heterocycles. The summed E-state index contributed by atoms with van der Waals surface area (Å²) >= 11 is 0. The fourth-order valence-corrected chi connectivity index (χ4v) is 4.32. The van der Waals surface area contributed by atoms with Crippen molar-refractivity contribution in [2.24, 2.45) is 0 Å². The van der Waals surface area contributed by atoms with Crippen LogP contribution in [-0.2, 0) is 10.0 Å². The van der Waals surface area contributed by atoms with E-state index >= 15 is 0 Å². The first kappa shape index (κ1) is 17.3. The van der Waals surface area contributed by atoms with Crippen LogP contribution in [-0.4, -0.2) is 23.5 Å². The van der Waals surface area contributed by atoms with E-state index in [1.54, 1.807) is 42.5 Å². The molecule has 2 heterocycles. The van der Waals surface area contributed by atoms with E-state index in [1.807, 2.05) is 18.2 Å². The molecule has 0 fully saturated rings. The van der Waals surface area contributed by atoms with Gasteiger partial charge in [0.25, 0.3) is 10.0 Å². The van der Waals surface area contributed by atoms with E-state index in [1.165, 1.54) is 12.1 Å². The number of oxazole rings is 1. The van der Waals surface area contributed by atoms with E-state index in [0.717, 1.165) is 0 Å². The largest absolute Gasteiger partial charge is 0.494 e. The first-order chi connectivity index (χ1) is 14.0. The van der Waals surface area contributed by atoms with Gasteiger partial charge in [-0.2, -0.15) is 0 Å². The maximum absolute atomic E-state index is 12.6. The van der Waals surface area contributed by atoms with Gasteiger partial charge in [-0.1, -0.05) is 30.3 Å². The molecule has 0 spiro atoms. The van der Waals surface area contributed by atoms with E-state index in [9.17, 15) is 13.5 Å². The van der Waals surface area contributed by atoms with Crippen molar-refractivity contribution in [1.29, 1.82) is 0 Å². The summed E-state index contributed by atoms with van der Waals surface area (Å²) in [6.45, 7) is 0. The first-order valence-electron chi connectivity index (χ1n) is 8.80. The summed E-state index contributed by atoms with van der Waals surface area (Å²) in [7, 11) is -3.73. The second-order valence-corrected chi connectivity index (χ2v) is 8.20. The van der Waals surface area contributed by atoms with Gasteiger partial charge in [0.1, 0.15) is 11.1 Å². The second-order valence-electron chi connectivity index (χ2n) is 6.51. The number of fused-ring (bicyclic) bond motifs is 2. The molecule has 0 unspecified atom stereocenters. The van der Waals surface area contributed by atoms with Crippen LogP contribution in [0.3, 0.4) is 0 Å². The van der Waals surface area contributed by atoms with Crippen molar-refractivity contribution in [2.45, 2.75) is 4.90 Å². The van der Waals surface area contributed by atoms with Crippen LogP contribution in [0.15, 0.2) is 82.1 Å². The summed E-state index contributed by atoms with van der Waals surface area (Å²) in [5.74, 6) is 0.146. The predicted molar refractivity (Wildman–Crippen MR) is 110 cm³/mol. The number of hydrogen-bond donors (Lipinski definition) is 3. The molecule has 0 aliphatic carbocycles. The third-order valence-corrected chi connectivity index (χ3v) is 5.99. The minimum Gasteiger partial charge on any atom is -0.494 e. The smallest absolute Gasteiger partial charge is 0.261 e. The molecule has 0 radical (unpaired) electrons. The standard InChI is InChI=1S/C21H15N3O4S/c25-20-19(21-23-17-8-4-5-9-18(17)28-21)15-12-13(10-11-16(15)22-20)24-29(26,27)14-6-2-1-3-7-14/h1-12,22,24-25H. The third kappa shape index (κ3) is 2.99. The number of nitrogens with zero attached hydrogens (tertiary/aromatic N) is 1. The summed E-state index contributed by atoms with van der Waals surface area (Å²) in [5.41, 5.74) is 2.62. The van der Waals surface area contributed by atoms with E-state index in [2.05, 4.69) is 14.7 Å². The Kier molecular flexibility index (Phi) is 3.82. The highest BCUT2D eigenvalue weighted by atomic mass is 32.2. The number of aromatic hydroxyl groups is 1. The highest BCUT2D eigenvalue weighted by Crippen LogP contribution is 2.38. The number of para-hydroxylation sites is 2. The average Bonchev–Trinajstić information content (AvgIpc) is 3.27. The van der Waals surface area contributed by atoms with Gasteiger partial charge in [0, 0.05) is 16.6 Å². The molecule has 0 saturated heterocycles. The molecule has 3 aromatic carbocycles. The summed E-state index contributed by atoms with van der Waals surface area (Å²) in [6.07, 6.45) is 0. The monoisotopic (exact) mass is 405 g/mol. The molecule has 29 heavy (non-hydrogen) atoms. The van der Waals surface area contributed by atoms with Gasteiger partial charge < -0.3 is 14.5 Å². The topological polar surface area (TPSA) is 108 Å². The van der Waals surface area contributed by atoms with Gasteiger partial charge >= 0.3 is 0 Å². The molecule has 0 amide bonds. The van der Waals surface area contributed by atoms with Crippen molar-refractivity contribution in [3.63, 3.8) is 0 Å². The Balaban J connectivity index is 1.61. The zero-order chi connectivity index (χ0) is 20.0. The summed E-state index contributed by atoms with van der Waals surface area (Å²) in [6, 6.07) is 20.3. The number of aromatic nitrogens is 2. The highest BCUT2D eigenvalue weighted by molar-refractivity contribution is 7.92. The number of rotatable bonds is 4. The van der Waals surface area contributed by atoms with Crippen LogP contribution in [0.2, 0.25) is 0 Å². The SMILES string of the molecule is O=S(=O)(Nc1ccc2[nH]c(O)c(-c3nc4ccccc4o3)c2c1)c1ccccc1. The number of benzene rings is 3. The molecule has 0 aliphatic rings. The zero-order valence-corrected chi connectivity index (χ0v) is 15.8. The lowest BCUT2D eigenvalue weighted by Gasteiger charge is -2.08. The predicted octanol–water partition coefficient (Wildman–Crippen LogP) is 4.48. The molecule has 5 rings (SSSR count). The van der Waals surface area contributed by atoms with Gasteiger partial charge in [0.15, 0.2) is 5.58 Å². The Hall–Kier alpha value is -3.78. The lowest BCUT2D eigenvalue weighted by molar-refractivity contribution is 0.457. The molecule has 7 nitrogen and oxygen atoms in total. The highest BCUT2D eigenvalue weighted by Gasteiger charge is 2.20. The molecule has 0 bridgehead atoms. The minimum absolute atomic E-state index is 0.102. The van der Waals surface area contributed by atoms with Crippen LogP contribution < -0.4 is 4.72 Å². The number of H-pyrrole nitrogens is 1. The fourth-order valence-electron chi connectivity index (χ4n) is 3.25. The lowest BCUT2D eigenvalue weighted by atomic mass is 10.1. The lowest BCUT2D eigenvalue weighted by Crippen LogP contribution is -2.12. The fraction of sp³-hybridized carbons (Fsp3) is 0. The van der Waals surface area contributed by atoms with Crippen LogP contribution in [0.25, 0.3) is 33.5 Å². The molecule has 0 atom stereocenters. The third-order valence-electron chi connectivity index (χ3n) is 4.59. The molecule has 2 aromatic heterocycles. The van der Waals surface area contributed by atoms with E-state index in [4.69, 9.17) is 4.42 Å².